The molecule has 0 radical (unpaired) electrons. The lowest BCUT2D eigenvalue weighted by Crippen LogP contribution is -2.32. The summed E-state index contributed by atoms with van der Waals surface area (Å²) in [6.07, 6.45) is 0.0139. The smallest absolute Gasteiger partial charge is 0.265 e. The lowest BCUT2D eigenvalue weighted by atomic mass is 10.3. The number of ether oxygens (including phenoxy) is 1. The molecule has 0 aliphatic carbocycles. The van der Waals surface area contributed by atoms with E-state index in [1.54, 1.807) is 38.1 Å². The van der Waals surface area contributed by atoms with Gasteiger partial charge in [0.15, 0.2) is 6.10 Å². The number of rotatable bonds is 8. The van der Waals surface area contributed by atoms with Crippen molar-refractivity contribution in [2.24, 2.45) is 0 Å². The Morgan fingerprint density at radius 2 is 1.65 bits per heavy atom. The van der Waals surface area contributed by atoms with Gasteiger partial charge in [-0.2, -0.15) is 0 Å². The average Bonchev–Trinajstić information content (AvgIpc) is 2.62. The Bertz CT molecular complexity index is 820. The minimum atomic E-state index is -3.56. The third-order valence-corrected chi connectivity index (χ3v) is 5.43. The van der Waals surface area contributed by atoms with Gasteiger partial charge in [-0.25, -0.2) is 13.1 Å². The van der Waals surface area contributed by atoms with Crippen LogP contribution in [0.2, 0.25) is 0 Å². The molecule has 0 saturated heterocycles. The van der Waals surface area contributed by atoms with E-state index >= 15 is 0 Å². The molecule has 0 aliphatic heterocycles. The molecule has 7 heteroatoms. The fourth-order valence-electron chi connectivity index (χ4n) is 2.13. The molecule has 26 heavy (non-hydrogen) atoms. The van der Waals surface area contributed by atoms with Crippen molar-refractivity contribution in [3.63, 3.8) is 0 Å². The summed E-state index contributed by atoms with van der Waals surface area (Å²) in [6.45, 7) is 5.36. The largest absolute Gasteiger partial charge is 0.481 e. The molecule has 0 heterocycles. The third kappa shape index (κ3) is 5.57. The van der Waals surface area contributed by atoms with E-state index in [1.807, 2.05) is 25.1 Å². The van der Waals surface area contributed by atoms with E-state index in [9.17, 15) is 13.2 Å². The molecule has 0 spiro atoms. The van der Waals surface area contributed by atoms with Gasteiger partial charge in [0.25, 0.3) is 5.91 Å². The standard InChI is InChI=1S/C19H24N2O4S/c1-4-14(2)21-26(23,24)18-12-10-16(11-13-18)20-19(22)15(3)25-17-8-6-5-7-9-17/h5-15,21H,4H2,1-3H3,(H,20,22)/t14-,15-/m1/s1. The molecular weight excluding hydrogens is 352 g/mol. The maximum Gasteiger partial charge on any atom is 0.265 e. The monoisotopic (exact) mass is 376 g/mol. The number of carbonyl (C=O) groups excluding carboxylic acids is 1. The number of nitrogens with one attached hydrogen (secondary N) is 2. The van der Waals surface area contributed by atoms with Crippen molar-refractivity contribution in [3.8, 4) is 5.75 Å². The molecule has 1 amide bonds. The van der Waals surface area contributed by atoms with Gasteiger partial charge >= 0.3 is 0 Å². The summed E-state index contributed by atoms with van der Waals surface area (Å²) in [5, 5.41) is 2.71. The second-order valence-corrected chi connectivity index (χ2v) is 7.73. The Balaban J connectivity index is 1.99. The van der Waals surface area contributed by atoms with Gasteiger partial charge in [0.05, 0.1) is 4.90 Å². The highest BCUT2D eigenvalue weighted by Crippen LogP contribution is 2.16. The Labute approximate surface area is 154 Å². The van der Waals surface area contributed by atoms with E-state index in [0.29, 0.717) is 17.9 Å². The van der Waals surface area contributed by atoms with Crippen LogP contribution in [0.15, 0.2) is 59.5 Å². The van der Waals surface area contributed by atoms with Crippen LogP contribution < -0.4 is 14.8 Å². The van der Waals surface area contributed by atoms with Crippen molar-refractivity contribution in [3.05, 3.63) is 54.6 Å². The van der Waals surface area contributed by atoms with Crippen LogP contribution >= 0.6 is 0 Å². The highest BCUT2D eigenvalue weighted by atomic mass is 32.2. The van der Waals surface area contributed by atoms with Crippen LogP contribution in [0.25, 0.3) is 0 Å². The molecule has 0 fully saturated rings. The number of para-hydroxylation sites is 1. The third-order valence-electron chi connectivity index (χ3n) is 3.83. The zero-order valence-corrected chi connectivity index (χ0v) is 15.9. The number of hydrogen-bond donors (Lipinski definition) is 2. The molecule has 2 N–H and O–H groups in total. The number of sulfonamides is 1. The van der Waals surface area contributed by atoms with E-state index < -0.39 is 16.1 Å². The topological polar surface area (TPSA) is 84.5 Å². The van der Waals surface area contributed by atoms with Gasteiger partial charge in [-0.1, -0.05) is 25.1 Å². The van der Waals surface area contributed by atoms with Gasteiger partial charge in [0.2, 0.25) is 10.0 Å². The van der Waals surface area contributed by atoms with Crippen molar-refractivity contribution >= 4 is 21.6 Å². The van der Waals surface area contributed by atoms with Crippen molar-refractivity contribution in [1.82, 2.24) is 4.72 Å². The summed E-state index contributed by atoms with van der Waals surface area (Å²) in [4.78, 5) is 12.4. The highest BCUT2D eigenvalue weighted by molar-refractivity contribution is 7.89. The van der Waals surface area contributed by atoms with Crippen molar-refractivity contribution in [2.75, 3.05) is 5.32 Å². The summed E-state index contributed by atoms with van der Waals surface area (Å²) in [5.74, 6) is 0.287. The van der Waals surface area contributed by atoms with Crippen molar-refractivity contribution in [1.29, 1.82) is 0 Å². The van der Waals surface area contributed by atoms with Gasteiger partial charge in [0, 0.05) is 11.7 Å². The Morgan fingerprint density at radius 3 is 2.23 bits per heavy atom. The normalized spacial score (nSPS) is 13.7. The van der Waals surface area contributed by atoms with E-state index in [-0.39, 0.29) is 16.8 Å². The van der Waals surface area contributed by atoms with Crippen molar-refractivity contribution < 1.29 is 17.9 Å². The number of amides is 1. The summed E-state index contributed by atoms with van der Waals surface area (Å²) in [5.41, 5.74) is 0.501. The maximum absolute atomic E-state index is 12.2. The molecule has 0 aromatic heterocycles. The molecule has 2 aromatic carbocycles. The zero-order chi connectivity index (χ0) is 19.2. The number of hydrogen-bond acceptors (Lipinski definition) is 4. The lowest BCUT2D eigenvalue weighted by molar-refractivity contribution is -0.122. The fourth-order valence-corrected chi connectivity index (χ4v) is 3.46. The molecule has 0 bridgehead atoms. The first-order chi connectivity index (χ1) is 12.3. The molecular formula is C19H24N2O4S. The first-order valence-corrected chi connectivity index (χ1v) is 9.95. The van der Waals surface area contributed by atoms with Gasteiger partial charge in [-0.05, 0) is 56.7 Å². The van der Waals surface area contributed by atoms with Crippen LogP contribution in [-0.2, 0) is 14.8 Å². The molecule has 0 aliphatic rings. The Hall–Kier alpha value is -2.38. The first kappa shape index (κ1) is 19.9. The molecule has 2 rings (SSSR count). The predicted molar refractivity (Wildman–Crippen MR) is 102 cm³/mol. The fraction of sp³-hybridized carbons (Fsp3) is 0.316. The zero-order valence-electron chi connectivity index (χ0n) is 15.1. The maximum atomic E-state index is 12.2. The van der Waals surface area contributed by atoms with Gasteiger partial charge < -0.3 is 10.1 Å². The van der Waals surface area contributed by atoms with Gasteiger partial charge in [-0.15, -0.1) is 0 Å². The quantitative estimate of drug-likeness (QED) is 0.741. The van der Waals surface area contributed by atoms with E-state index in [2.05, 4.69) is 10.0 Å². The minimum absolute atomic E-state index is 0.143. The average molecular weight is 376 g/mol. The molecule has 140 valence electrons. The van der Waals surface area contributed by atoms with Crippen LogP contribution in [0.4, 0.5) is 5.69 Å². The predicted octanol–water partition coefficient (Wildman–Crippen LogP) is 3.17. The number of benzene rings is 2. The summed E-state index contributed by atoms with van der Waals surface area (Å²) in [6, 6.07) is 14.9. The second kappa shape index (κ2) is 8.82. The Morgan fingerprint density at radius 1 is 1.04 bits per heavy atom. The molecule has 6 nitrogen and oxygen atoms in total. The van der Waals surface area contributed by atoms with E-state index in [0.717, 1.165) is 0 Å². The highest BCUT2D eigenvalue weighted by Gasteiger charge is 2.18. The summed E-state index contributed by atoms with van der Waals surface area (Å²) < 4.78 is 32.6. The number of anilines is 1. The molecule has 2 aromatic rings. The lowest BCUT2D eigenvalue weighted by Gasteiger charge is -2.15. The Kier molecular flexibility index (Phi) is 6.76. The van der Waals surface area contributed by atoms with Crippen LogP contribution in [0.5, 0.6) is 5.75 Å². The second-order valence-electron chi connectivity index (χ2n) is 6.02. The van der Waals surface area contributed by atoms with Crippen LogP contribution in [0, 0.1) is 0 Å². The minimum Gasteiger partial charge on any atom is -0.481 e. The first-order valence-electron chi connectivity index (χ1n) is 8.46. The van der Waals surface area contributed by atoms with Crippen LogP contribution in [0.3, 0.4) is 0 Å². The molecule has 2 atom stereocenters. The summed E-state index contributed by atoms with van der Waals surface area (Å²) >= 11 is 0. The SMILES string of the molecule is CC[C@@H](C)NS(=O)(=O)c1ccc(NC(=O)[C@@H](C)Oc2ccccc2)cc1. The van der Waals surface area contributed by atoms with E-state index in [1.165, 1.54) is 12.1 Å². The van der Waals surface area contributed by atoms with Crippen molar-refractivity contribution in [2.45, 2.75) is 44.2 Å². The van der Waals surface area contributed by atoms with Crippen LogP contribution in [0.1, 0.15) is 27.2 Å². The van der Waals surface area contributed by atoms with Gasteiger partial charge in [0.1, 0.15) is 5.75 Å². The van der Waals surface area contributed by atoms with E-state index in [4.69, 9.17) is 4.74 Å². The molecule has 0 unspecified atom stereocenters. The van der Waals surface area contributed by atoms with Crippen LogP contribution in [-0.4, -0.2) is 26.5 Å². The summed E-state index contributed by atoms with van der Waals surface area (Å²) in [7, 11) is -3.56. The van der Waals surface area contributed by atoms with Gasteiger partial charge in [-0.3, -0.25) is 4.79 Å². The number of carbonyl (C=O) groups is 1. The molecule has 0 saturated carbocycles.